The minimum atomic E-state index is 0.854. The average Bonchev–Trinajstić information content (AvgIpc) is 3.00. The lowest BCUT2D eigenvalue weighted by molar-refractivity contribution is -0.703. The smallest absolute Gasteiger partial charge is 0.248 e. The molecule has 1 aromatic rings. The zero-order chi connectivity index (χ0) is 17.5. The third-order valence-electron chi connectivity index (χ3n) is 5.05. The van der Waals surface area contributed by atoms with Gasteiger partial charge in [0.2, 0.25) is 0 Å². The van der Waals surface area contributed by atoms with Crippen LogP contribution in [0.15, 0.2) is 12.4 Å². The summed E-state index contributed by atoms with van der Waals surface area (Å²) in [5, 5.41) is 0. The zero-order valence-electron chi connectivity index (χ0n) is 16.8. The van der Waals surface area contributed by atoms with Crippen molar-refractivity contribution in [1.82, 2.24) is 4.98 Å². The van der Waals surface area contributed by atoms with Gasteiger partial charge in [-0.2, -0.15) is 0 Å². The van der Waals surface area contributed by atoms with Crippen molar-refractivity contribution in [2.45, 2.75) is 117 Å². The molecule has 1 rings (SSSR count). The van der Waals surface area contributed by atoms with Gasteiger partial charge in [0.15, 0.2) is 0 Å². The fourth-order valence-electron chi connectivity index (χ4n) is 3.44. The minimum absolute atomic E-state index is 0.854. The van der Waals surface area contributed by atoms with E-state index < -0.39 is 0 Å². The van der Waals surface area contributed by atoms with E-state index in [1.807, 2.05) is 0 Å². The van der Waals surface area contributed by atoms with E-state index in [2.05, 4.69) is 42.7 Å². The summed E-state index contributed by atoms with van der Waals surface area (Å²) in [6.45, 7) is 8.13. The third-order valence-corrected chi connectivity index (χ3v) is 5.05. The number of imidazole rings is 1. The van der Waals surface area contributed by atoms with Gasteiger partial charge < -0.3 is 0 Å². The number of rotatable bonds is 16. The van der Waals surface area contributed by atoms with Crippen molar-refractivity contribution in [3.05, 3.63) is 18.2 Å². The second-order valence-electron chi connectivity index (χ2n) is 7.92. The number of nitrogens with one attached hydrogen (secondary N) is 1. The first-order chi connectivity index (χ1) is 11.7. The van der Waals surface area contributed by atoms with Crippen LogP contribution in [0.5, 0.6) is 0 Å². The van der Waals surface area contributed by atoms with Crippen LogP contribution < -0.4 is 4.57 Å². The van der Waals surface area contributed by atoms with Gasteiger partial charge in [0, 0.05) is 6.42 Å². The van der Waals surface area contributed by atoms with Crippen molar-refractivity contribution >= 4 is 0 Å². The van der Waals surface area contributed by atoms with Gasteiger partial charge in [0.25, 0.3) is 5.82 Å². The van der Waals surface area contributed by atoms with Crippen LogP contribution in [0.1, 0.15) is 110 Å². The molecular weight excluding hydrogens is 292 g/mol. The first kappa shape index (κ1) is 21.3. The first-order valence-electron chi connectivity index (χ1n) is 10.8. The Morgan fingerprint density at radius 2 is 1.46 bits per heavy atom. The summed E-state index contributed by atoms with van der Waals surface area (Å²) >= 11 is 0. The Bertz CT molecular complexity index is 381. The van der Waals surface area contributed by atoms with Crippen molar-refractivity contribution in [2.24, 2.45) is 5.92 Å². The maximum Gasteiger partial charge on any atom is 0.254 e. The molecular formula is C22H43N2+. The quantitative estimate of drug-likeness (QED) is 0.260. The van der Waals surface area contributed by atoms with Crippen molar-refractivity contribution in [3.63, 3.8) is 0 Å². The summed E-state index contributed by atoms with van der Waals surface area (Å²) in [5.74, 6) is 2.28. The lowest BCUT2D eigenvalue weighted by atomic mass is 10.0. The summed E-state index contributed by atoms with van der Waals surface area (Å²) in [6.07, 6.45) is 23.7. The van der Waals surface area contributed by atoms with Gasteiger partial charge in [-0.25, -0.2) is 9.55 Å². The molecule has 1 aromatic heterocycles. The molecule has 2 heteroatoms. The van der Waals surface area contributed by atoms with Crippen LogP contribution >= 0.6 is 0 Å². The molecule has 24 heavy (non-hydrogen) atoms. The predicted octanol–water partition coefficient (Wildman–Crippen LogP) is 6.59. The zero-order valence-corrected chi connectivity index (χ0v) is 16.8. The largest absolute Gasteiger partial charge is 0.254 e. The van der Waals surface area contributed by atoms with E-state index >= 15 is 0 Å². The van der Waals surface area contributed by atoms with E-state index in [4.69, 9.17) is 0 Å². The van der Waals surface area contributed by atoms with Gasteiger partial charge in [-0.05, 0) is 25.2 Å². The number of nitrogens with zero attached hydrogens (tertiary/aromatic N) is 1. The van der Waals surface area contributed by atoms with Crippen LogP contribution in [0.25, 0.3) is 0 Å². The highest BCUT2D eigenvalue weighted by Gasteiger charge is 2.09. The highest BCUT2D eigenvalue weighted by atomic mass is 15.1. The van der Waals surface area contributed by atoms with Gasteiger partial charge in [0.05, 0.1) is 6.54 Å². The highest BCUT2D eigenvalue weighted by molar-refractivity contribution is 4.77. The number of unbranched alkanes of at least 4 members (excludes halogenated alkanes) is 10. The van der Waals surface area contributed by atoms with E-state index in [9.17, 15) is 0 Å². The van der Waals surface area contributed by atoms with Crippen LogP contribution in [-0.4, -0.2) is 4.98 Å². The Labute approximate surface area is 151 Å². The Hall–Kier alpha value is -0.790. The van der Waals surface area contributed by atoms with E-state index in [-0.39, 0.29) is 0 Å². The molecule has 2 nitrogen and oxygen atoms in total. The van der Waals surface area contributed by atoms with Gasteiger partial charge >= 0.3 is 0 Å². The second-order valence-corrected chi connectivity index (χ2v) is 7.92. The molecule has 1 N–H and O–H groups in total. The summed E-state index contributed by atoms with van der Waals surface area (Å²) in [6, 6.07) is 0. The van der Waals surface area contributed by atoms with Crippen molar-refractivity contribution in [2.75, 3.05) is 0 Å². The SMILES string of the molecule is CCCCCCCCCCC[n+]1cc[nH]c1CCCCCC(C)C. The molecule has 0 aliphatic carbocycles. The van der Waals surface area contributed by atoms with Crippen LogP contribution in [0.3, 0.4) is 0 Å². The highest BCUT2D eigenvalue weighted by Crippen LogP contribution is 2.11. The number of aryl methyl sites for hydroxylation is 2. The Morgan fingerprint density at radius 1 is 0.833 bits per heavy atom. The number of aromatic amines is 1. The van der Waals surface area contributed by atoms with Crippen LogP contribution in [0.4, 0.5) is 0 Å². The topological polar surface area (TPSA) is 19.7 Å². The monoisotopic (exact) mass is 335 g/mol. The summed E-state index contributed by atoms with van der Waals surface area (Å²) in [4.78, 5) is 3.45. The second kappa shape index (κ2) is 14.5. The summed E-state index contributed by atoms with van der Waals surface area (Å²) < 4.78 is 2.45. The first-order valence-corrected chi connectivity index (χ1v) is 10.8. The van der Waals surface area contributed by atoms with Gasteiger partial charge in [-0.1, -0.05) is 85.0 Å². The molecule has 0 aromatic carbocycles. The molecule has 0 spiro atoms. The number of hydrogen-bond donors (Lipinski definition) is 1. The molecule has 0 unspecified atom stereocenters. The fourth-order valence-corrected chi connectivity index (χ4v) is 3.44. The number of aromatic nitrogens is 2. The third kappa shape index (κ3) is 10.9. The number of H-pyrrole nitrogens is 1. The fraction of sp³-hybridized carbons (Fsp3) is 0.864. The standard InChI is InChI=1S/C22H42N2/c1-4-5-6-7-8-9-10-11-15-19-24-20-18-23-22(24)17-14-12-13-16-21(2)3/h18,20-21H,4-17,19H2,1-3H3/p+1. The molecule has 0 fully saturated rings. The molecule has 0 saturated heterocycles. The normalized spacial score (nSPS) is 11.5. The summed E-state index contributed by atoms with van der Waals surface area (Å²) in [5.41, 5.74) is 0. The lowest BCUT2D eigenvalue weighted by Crippen LogP contribution is -2.36. The minimum Gasteiger partial charge on any atom is -0.248 e. The Balaban J connectivity index is 2.02. The van der Waals surface area contributed by atoms with Crippen molar-refractivity contribution in [1.29, 1.82) is 0 Å². The molecule has 0 amide bonds. The molecule has 0 radical (unpaired) electrons. The lowest BCUT2D eigenvalue weighted by Gasteiger charge is -2.04. The van der Waals surface area contributed by atoms with Crippen molar-refractivity contribution in [3.8, 4) is 0 Å². The predicted molar refractivity (Wildman–Crippen MR) is 105 cm³/mol. The molecule has 0 bridgehead atoms. The van der Waals surface area contributed by atoms with Crippen LogP contribution in [0, 0.1) is 5.92 Å². The van der Waals surface area contributed by atoms with E-state index in [0.29, 0.717) is 0 Å². The van der Waals surface area contributed by atoms with Crippen LogP contribution in [-0.2, 0) is 13.0 Å². The Kier molecular flexibility index (Phi) is 12.9. The molecule has 0 aliphatic heterocycles. The van der Waals surface area contributed by atoms with Gasteiger partial charge in [-0.15, -0.1) is 0 Å². The molecule has 140 valence electrons. The summed E-state index contributed by atoms with van der Waals surface area (Å²) in [7, 11) is 0. The van der Waals surface area contributed by atoms with Crippen LogP contribution in [0.2, 0.25) is 0 Å². The van der Waals surface area contributed by atoms with Crippen molar-refractivity contribution < 1.29 is 4.57 Å². The molecule has 0 atom stereocenters. The van der Waals surface area contributed by atoms with Gasteiger partial charge in [0.1, 0.15) is 12.4 Å². The maximum atomic E-state index is 3.45. The molecule has 0 saturated carbocycles. The van der Waals surface area contributed by atoms with E-state index in [1.54, 1.807) is 0 Å². The molecule has 1 heterocycles. The maximum absolute atomic E-state index is 3.45. The molecule has 0 aliphatic rings. The van der Waals surface area contributed by atoms with E-state index in [1.165, 1.54) is 102 Å². The average molecular weight is 336 g/mol. The number of hydrogen-bond acceptors (Lipinski definition) is 0. The van der Waals surface area contributed by atoms with Gasteiger partial charge in [-0.3, -0.25) is 0 Å². The Morgan fingerprint density at radius 3 is 2.12 bits per heavy atom. The van der Waals surface area contributed by atoms with E-state index in [0.717, 1.165) is 5.92 Å².